The van der Waals surface area contributed by atoms with Crippen molar-refractivity contribution < 1.29 is 4.39 Å². The molecule has 0 radical (unpaired) electrons. The monoisotopic (exact) mass is 264 g/mol. The van der Waals surface area contributed by atoms with Crippen molar-refractivity contribution >= 4 is 21.4 Å². The van der Waals surface area contributed by atoms with Crippen molar-refractivity contribution in [3.05, 3.63) is 35.0 Å². The van der Waals surface area contributed by atoms with Crippen LogP contribution in [0.1, 0.15) is 5.56 Å². The fourth-order valence-electron chi connectivity index (χ4n) is 2.42. The van der Waals surface area contributed by atoms with Gasteiger partial charge in [0.15, 0.2) is 0 Å². The van der Waals surface area contributed by atoms with Gasteiger partial charge >= 0.3 is 0 Å². The molecule has 2 aromatic rings. The lowest BCUT2D eigenvalue weighted by atomic mass is 10.1. The summed E-state index contributed by atoms with van der Waals surface area (Å²) in [4.78, 5) is 4.80. The summed E-state index contributed by atoms with van der Waals surface area (Å²) < 4.78 is 14.5. The zero-order valence-electron chi connectivity index (χ0n) is 10.5. The van der Waals surface area contributed by atoms with Crippen LogP contribution in [0.25, 0.3) is 10.1 Å². The maximum absolute atomic E-state index is 13.3. The van der Waals surface area contributed by atoms with E-state index in [1.165, 1.54) is 10.3 Å². The molecule has 4 heteroatoms. The molecule has 0 spiro atoms. The van der Waals surface area contributed by atoms with E-state index in [-0.39, 0.29) is 5.82 Å². The predicted octanol–water partition coefficient (Wildman–Crippen LogP) is 2.79. The maximum Gasteiger partial charge on any atom is 0.123 e. The average Bonchev–Trinajstić information content (AvgIpc) is 2.75. The first-order chi connectivity index (χ1) is 8.72. The van der Waals surface area contributed by atoms with Crippen LogP contribution in [-0.2, 0) is 6.54 Å². The van der Waals surface area contributed by atoms with Gasteiger partial charge in [0.25, 0.3) is 0 Å². The highest BCUT2D eigenvalue weighted by Crippen LogP contribution is 2.27. The summed E-state index contributed by atoms with van der Waals surface area (Å²) in [5.41, 5.74) is 1.26. The summed E-state index contributed by atoms with van der Waals surface area (Å²) in [7, 11) is 2.16. The van der Waals surface area contributed by atoms with Gasteiger partial charge in [0.1, 0.15) is 5.82 Å². The van der Waals surface area contributed by atoms with Gasteiger partial charge in [0, 0.05) is 37.4 Å². The molecular weight excluding hydrogens is 247 g/mol. The van der Waals surface area contributed by atoms with Crippen LogP contribution < -0.4 is 0 Å². The summed E-state index contributed by atoms with van der Waals surface area (Å²) in [6, 6.07) is 5.08. The second-order valence-electron chi connectivity index (χ2n) is 4.98. The van der Waals surface area contributed by atoms with Crippen molar-refractivity contribution in [3.63, 3.8) is 0 Å². The molecule has 1 aromatic carbocycles. The lowest BCUT2D eigenvalue weighted by Gasteiger charge is -2.32. The summed E-state index contributed by atoms with van der Waals surface area (Å²) in [6.45, 7) is 5.39. The largest absolute Gasteiger partial charge is 0.304 e. The molecule has 1 saturated heterocycles. The van der Waals surface area contributed by atoms with Gasteiger partial charge in [-0.05, 0) is 41.6 Å². The third-order valence-corrected chi connectivity index (χ3v) is 4.62. The highest BCUT2D eigenvalue weighted by atomic mass is 32.1. The Morgan fingerprint density at radius 3 is 2.78 bits per heavy atom. The van der Waals surface area contributed by atoms with Gasteiger partial charge in [-0.1, -0.05) is 0 Å². The Morgan fingerprint density at radius 2 is 2.00 bits per heavy atom. The topological polar surface area (TPSA) is 6.48 Å². The first-order valence-electron chi connectivity index (χ1n) is 6.29. The van der Waals surface area contributed by atoms with E-state index in [1.54, 1.807) is 23.5 Å². The summed E-state index contributed by atoms with van der Waals surface area (Å²) in [5.74, 6) is -0.138. The van der Waals surface area contributed by atoms with Crippen molar-refractivity contribution in [2.75, 3.05) is 33.2 Å². The average molecular weight is 264 g/mol. The Labute approximate surface area is 111 Å². The Hall–Kier alpha value is -0.970. The third-order valence-electron chi connectivity index (χ3n) is 3.61. The summed E-state index contributed by atoms with van der Waals surface area (Å²) in [6.07, 6.45) is 0. The normalized spacial score (nSPS) is 18.6. The minimum absolute atomic E-state index is 0.138. The first kappa shape index (κ1) is 12.1. The second-order valence-corrected chi connectivity index (χ2v) is 5.89. The van der Waals surface area contributed by atoms with Crippen molar-refractivity contribution in [2.24, 2.45) is 0 Å². The summed E-state index contributed by atoms with van der Waals surface area (Å²) >= 11 is 1.71. The second kappa shape index (κ2) is 4.96. The van der Waals surface area contributed by atoms with E-state index >= 15 is 0 Å². The quantitative estimate of drug-likeness (QED) is 0.823. The number of nitrogens with zero attached hydrogens (tertiary/aromatic N) is 2. The molecule has 0 amide bonds. The van der Waals surface area contributed by atoms with E-state index in [4.69, 9.17) is 0 Å². The van der Waals surface area contributed by atoms with E-state index in [9.17, 15) is 4.39 Å². The molecule has 2 nitrogen and oxygen atoms in total. The molecule has 0 saturated carbocycles. The SMILES string of the molecule is CN1CCN(Cc2csc3ccc(F)cc23)CC1. The number of halogens is 1. The molecule has 3 rings (SSSR count). The number of likely N-dealkylation sites (N-methyl/N-ethyl adjacent to an activating group) is 1. The van der Waals surface area contributed by atoms with Crippen LogP contribution in [-0.4, -0.2) is 43.0 Å². The van der Waals surface area contributed by atoms with Crippen LogP contribution in [0.3, 0.4) is 0 Å². The number of hydrogen-bond acceptors (Lipinski definition) is 3. The molecule has 0 unspecified atom stereocenters. The van der Waals surface area contributed by atoms with Crippen LogP contribution in [0, 0.1) is 5.82 Å². The van der Waals surface area contributed by atoms with Crippen LogP contribution in [0.5, 0.6) is 0 Å². The molecule has 0 bridgehead atoms. The van der Waals surface area contributed by atoms with Gasteiger partial charge in [0.05, 0.1) is 0 Å². The van der Waals surface area contributed by atoms with Crippen molar-refractivity contribution in [1.82, 2.24) is 9.80 Å². The number of thiophene rings is 1. The lowest BCUT2D eigenvalue weighted by Crippen LogP contribution is -2.43. The predicted molar refractivity (Wildman–Crippen MR) is 74.6 cm³/mol. The Bertz CT molecular complexity index is 544. The van der Waals surface area contributed by atoms with Crippen LogP contribution in [0.2, 0.25) is 0 Å². The van der Waals surface area contributed by atoms with Crippen LogP contribution in [0.15, 0.2) is 23.6 Å². The number of piperazine rings is 1. The molecule has 1 aliphatic rings. The number of rotatable bonds is 2. The van der Waals surface area contributed by atoms with Gasteiger partial charge in [-0.3, -0.25) is 4.90 Å². The highest BCUT2D eigenvalue weighted by Gasteiger charge is 2.15. The molecule has 1 aromatic heterocycles. The molecule has 0 atom stereocenters. The van der Waals surface area contributed by atoms with Crippen molar-refractivity contribution in [3.8, 4) is 0 Å². The van der Waals surface area contributed by atoms with Crippen LogP contribution >= 0.6 is 11.3 Å². The maximum atomic E-state index is 13.3. The van der Waals surface area contributed by atoms with Gasteiger partial charge in [-0.15, -0.1) is 11.3 Å². The zero-order valence-corrected chi connectivity index (χ0v) is 11.3. The van der Waals surface area contributed by atoms with E-state index in [1.807, 2.05) is 6.07 Å². The first-order valence-corrected chi connectivity index (χ1v) is 7.17. The van der Waals surface area contributed by atoms with Gasteiger partial charge in [-0.25, -0.2) is 4.39 Å². The minimum Gasteiger partial charge on any atom is -0.304 e. The molecule has 0 N–H and O–H groups in total. The molecule has 96 valence electrons. The van der Waals surface area contributed by atoms with Crippen LogP contribution in [0.4, 0.5) is 4.39 Å². The fourth-order valence-corrected chi connectivity index (χ4v) is 3.36. The Morgan fingerprint density at radius 1 is 1.22 bits per heavy atom. The third kappa shape index (κ3) is 2.41. The molecule has 0 aliphatic carbocycles. The number of benzene rings is 1. The standard InChI is InChI=1S/C14H17FN2S/c1-16-4-6-17(7-5-16)9-11-10-18-14-3-2-12(15)8-13(11)14/h2-3,8,10H,4-7,9H2,1H3. The molecule has 1 aliphatic heterocycles. The lowest BCUT2D eigenvalue weighted by molar-refractivity contribution is 0.148. The fraction of sp³-hybridized carbons (Fsp3) is 0.429. The molecule has 18 heavy (non-hydrogen) atoms. The molecule has 1 fully saturated rings. The van der Waals surface area contributed by atoms with Crippen molar-refractivity contribution in [1.29, 1.82) is 0 Å². The van der Waals surface area contributed by atoms with Gasteiger partial charge in [-0.2, -0.15) is 0 Å². The highest BCUT2D eigenvalue weighted by molar-refractivity contribution is 7.17. The number of hydrogen-bond donors (Lipinski definition) is 0. The van der Waals surface area contributed by atoms with E-state index in [0.717, 1.165) is 38.1 Å². The Kier molecular flexibility index (Phi) is 3.33. The van der Waals surface area contributed by atoms with E-state index < -0.39 is 0 Å². The zero-order chi connectivity index (χ0) is 12.5. The minimum atomic E-state index is -0.138. The Balaban J connectivity index is 1.80. The molecule has 2 heterocycles. The smallest absolute Gasteiger partial charge is 0.123 e. The molecular formula is C14H17FN2S. The summed E-state index contributed by atoms with van der Waals surface area (Å²) in [5, 5.41) is 3.25. The van der Waals surface area contributed by atoms with Crippen molar-refractivity contribution in [2.45, 2.75) is 6.54 Å². The van der Waals surface area contributed by atoms with Gasteiger partial charge < -0.3 is 4.90 Å². The van der Waals surface area contributed by atoms with E-state index in [2.05, 4.69) is 22.2 Å². The number of fused-ring (bicyclic) bond motifs is 1. The van der Waals surface area contributed by atoms with Gasteiger partial charge in [0.2, 0.25) is 0 Å². The van der Waals surface area contributed by atoms with E-state index in [0.29, 0.717) is 0 Å².